The summed E-state index contributed by atoms with van der Waals surface area (Å²) < 4.78 is 5.64. The highest BCUT2D eigenvalue weighted by molar-refractivity contribution is 9.10. The Kier molecular flexibility index (Phi) is 3.44. The lowest BCUT2D eigenvalue weighted by atomic mass is 10.2. The Morgan fingerprint density at radius 1 is 1.47 bits per heavy atom. The van der Waals surface area contributed by atoms with E-state index in [-0.39, 0.29) is 11.9 Å². The molecule has 0 spiro atoms. The molecule has 0 fully saturated rings. The predicted octanol–water partition coefficient (Wildman–Crippen LogP) is 3.05. The van der Waals surface area contributed by atoms with Crippen LogP contribution in [0.15, 0.2) is 27.1 Å². The van der Waals surface area contributed by atoms with Crippen molar-refractivity contribution in [2.45, 2.75) is 6.92 Å². The molecule has 5 nitrogen and oxygen atoms in total. The number of aryl methyl sites for hydroxylation is 1. The Morgan fingerprint density at radius 3 is 2.82 bits per heavy atom. The Bertz CT molecular complexity index is 570. The van der Waals surface area contributed by atoms with Gasteiger partial charge < -0.3 is 4.42 Å². The van der Waals surface area contributed by atoms with E-state index < -0.39 is 0 Å². The molecule has 0 aliphatic rings. The molecule has 1 aromatic heterocycles. The van der Waals surface area contributed by atoms with Crippen molar-refractivity contribution in [2.24, 2.45) is 0 Å². The van der Waals surface area contributed by atoms with Gasteiger partial charge in [-0.1, -0.05) is 16.7 Å². The van der Waals surface area contributed by atoms with E-state index in [4.69, 9.17) is 16.0 Å². The molecule has 2 rings (SSSR count). The van der Waals surface area contributed by atoms with E-state index >= 15 is 0 Å². The summed E-state index contributed by atoms with van der Waals surface area (Å²) in [5.74, 6) is 0.0349. The van der Waals surface area contributed by atoms with E-state index in [0.29, 0.717) is 20.9 Å². The molecule has 1 N–H and O–H groups in total. The summed E-state index contributed by atoms with van der Waals surface area (Å²) in [6.45, 7) is 1.64. The molecule has 0 bridgehead atoms. The maximum absolute atomic E-state index is 11.8. The van der Waals surface area contributed by atoms with Crippen LogP contribution in [-0.2, 0) is 0 Å². The molecule has 0 unspecified atom stereocenters. The van der Waals surface area contributed by atoms with Crippen molar-refractivity contribution in [3.63, 3.8) is 0 Å². The van der Waals surface area contributed by atoms with Gasteiger partial charge in [-0.15, -0.1) is 5.10 Å². The van der Waals surface area contributed by atoms with E-state index in [1.165, 1.54) is 0 Å². The molecule has 7 heteroatoms. The maximum Gasteiger partial charge on any atom is 0.322 e. The van der Waals surface area contributed by atoms with Gasteiger partial charge in [0.2, 0.25) is 5.89 Å². The molecular formula is C10H7BrClN3O2. The fourth-order valence-corrected chi connectivity index (χ4v) is 2.05. The molecule has 0 radical (unpaired) electrons. The molecule has 1 amide bonds. The largest absolute Gasteiger partial charge is 0.408 e. The van der Waals surface area contributed by atoms with Crippen LogP contribution in [0.5, 0.6) is 0 Å². The summed E-state index contributed by atoms with van der Waals surface area (Å²) >= 11 is 9.04. The Morgan fingerprint density at radius 2 is 2.24 bits per heavy atom. The number of carbonyl (C=O) groups excluding carboxylic acids is 1. The Labute approximate surface area is 110 Å². The van der Waals surface area contributed by atoms with Crippen molar-refractivity contribution in [1.29, 1.82) is 0 Å². The standard InChI is InChI=1S/C10H7BrClN3O2/c1-5-14-15-10(17-5)13-9(16)7-3-2-6(12)4-8(7)11/h2-4H,1H3,(H,13,15,16). The molecule has 2 aromatic rings. The Balaban J connectivity index is 2.20. The first kappa shape index (κ1) is 12.1. The zero-order valence-electron chi connectivity index (χ0n) is 8.70. The zero-order valence-corrected chi connectivity index (χ0v) is 11.0. The van der Waals surface area contributed by atoms with E-state index in [0.717, 1.165) is 0 Å². The number of hydrogen-bond donors (Lipinski definition) is 1. The van der Waals surface area contributed by atoms with Gasteiger partial charge in [-0.25, -0.2) is 0 Å². The third-order valence-corrected chi connectivity index (χ3v) is 2.81. The minimum absolute atomic E-state index is 0.0642. The highest BCUT2D eigenvalue weighted by Gasteiger charge is 2.13. The number of halogens is 2. The van der Waals surface area contributed by atoms with Gasteiger partial charge in [-0.3, -0.25) is 10.1 Å². The molecule has 1 aromatic carbocycles. The van der Waals surface area contributed by atoms with Crippen LogP contribution in [0.1, 0.15) is 16.2 Å². The molecule has 0 aliphatic heterocycles. The fraction of sp³-hybridized carbons (Fsp3) is 0.100. The third kappa shape index (κ3) is 2.83. The van der Waals surface area contributed by atoms with Crippen molar-refractivity contribution < 1.29 is 9.21 Å². The van der Waals surface area contributed by atoms with Crippen LogP contribution in [0, 0.1) is 6.92 Å². The molecular weight excluding hydrogens is 309 g/mol. The summed E-state index contributed by atoms with van der Waals surface area (Å²) in [6, 6.07) is 4.93. The molecule has 0 saturated carbocycles. The average molecular weight is 317 g/mol. The topological polar surface area (TPSA) is 68.0 Å². The van der Waals surface area contributed by atoms with Gasteiger partial charge in [0.1, 0.15) is 0 Å². The van der Waals surface area contributed by atoms with Crippen molar-refractivity contribution in [1.82, 2.24) is 10.2 Å². The number of amides is 1. The van der Waals surface area contributed by atoms with Crippen molar-refractivity contribution >= 4 is 39.5 Å². The van der Waals surface area contributed by atoms with E-state index in [1.54, 1.807) is 25.1 Å². The fourth-order valence-electron chi connectivity index (χ4n) is 1.19. The molecule has 1 heterocycles. The number of hydrogen-bond acceptors (Lipinski definition) is 4. The van der Waals surface area contributed by atoms with Gasteiger partial charge in [0.25, 0.3) is 5.91 Å². The second-order valence-corrected chi connectivity index (χ2v) is 4.50. The van der Waals surface area contributed by atoms with Gasteiger partial charge in [-0.05, 0) is 34.1 Å². The summed E-state index contributed by atoms with van der Waals surface area (Å²) in [5, 5.41) is 10.3. The van der Waals surface area contributed by atoms with Gasteiger partial charge in [0.05, 0.1) is 5.56 Å². The number of carbonyl (C=O) groups is 1. The van der Waals surface area contributed by atoms with Gasteiger partial charge in [0, 0.05) is 16.4 Å². The van der Waals surface area contributed by atoms with Crippen LogP contribution in [0.25, 0.3) is 0 Å². The zero-order chi connectivity index (χ0) is 12.4. The number of anilines is 1. The Hall–Kier alpha value is -1.40. The number of aromatic nitrogens is 2. The number of nitrogens with one attached hydrogen (secondary N) is 1. The first-order valence-electron chi connectivity index (χ1n) is 4.63. The van der Waals surface area contributed by atoms with Crippen LogP contribution < -0.4 is 5.32 Å². The van der Waals surface area contributed by atoms with Crippen molar-refractivity contribution in [3.05, 3.63) is 39.1 Å². The van der Waals surface area contributed by atoms with Crippen LogP contribution in [0.4, 0.5) is 6.01 Å². The average Bonchev–Trinajstić information content (AvgIpc) is 2.63. The van der Waals surface area contributed by atoms with Gasteiger partial charge in [0.15, 0.2) is 0 Å². The van der Waals surface area contributed by atoms with E-state index in [2.05, 4.69) is 31.4 Å². The second kappa shape index (κ2) is 4.85. The third-order valence-electron chi connectivity index (χ3n) is 1.92. The highest BCUT2D eigenvalue weighted by atomic mass is 79.9. The van der Waals surface area contributed by atoms with E-state index in [1.807, 2.05) is 0 Å². The maximum atomic E-state index is 11.8. The van der Waals surface area contributed by atoms with Crippen LogP contribution in [0.2, 0.25) is 5.02 Å². The summed E-state index contributed by atoms with van der Waals surface area (Å²) in [5.41, 5.74) is 0.435. The predicted molar refractivity (Wildman–Crippen MR) is 66.1 cm³/mol. The van der Waals surface area contributed by atoms with Crippen molar-refractivity contribution in [3.8, 4) is 0 Å². The van der Waals surface area contributed by atoms with E-state index in [9.17, 15) is 4.79 Å². The summed E-state index contributed by atoms with van der Waals surface area (Å²) in [7, 11) is 0. The van der Waals surface area contributed by atoms with Crippen molar-refractivity contribution in [2.75, 3.05) is 5.32 Å². The number of nitrogens with zero attached hydrogens (tertiary/aromatic N) is 2. The molecule has 0 aliphatic carbocycles. The number of benzene rings is 1. The number of rotatable bonds is 2. The minimum atomic E-state index is -0.350. The van der Waals surface area contributed by atoms with Crippen LogP contribution in [-0.4, -0.2) is 16.1 Å². The quantitative estimate of drug-likeness (QED) is 0.924. The highest BCUT2D eigenvalue weighted by Crippen LogP contribution is 2.22. The van der Waals surface area contributed by atoms with Crippen LogP contribution in [0.3, 0.4) is 0 Å². The molecule has 0 atom stereocenters. The minimum Gasteiger partial charge on any atom is -0.408 e. The summed E-state index contributed by atoms with van der Waals surface area (Å²) in [6.07, 6.45) is 0. The lowest BCUT2D eigenvalue weighted by Gasteiger charge is -2.03. The normalized spacial score (nSPS) is 10.3. The SMILES string of the molecule is Cc1nnc(NC(=O)c2ccc(Cl)cc2Br)o1. The smallest absolute Gasteiger partial charge is 0.322 e. The molecule has 88 valence electrons. The van der Waals surface area contributed by atoms with Gasteiger partial charge in [-0.2, -0.15) is 0 Å². The molecule has 0 saturated heterocycles. The first-order chi connectivity index (χ1) is 8.06. The monoisotopic (exact) mass is 315 g/mol. The molecule has 17 heavy (non-hydrogen) atoms. The van der Waals surface area contributed by atoms with Crippen LogP contribution >= 0.6 is 27.5 Å². The summed E-state index contributed by atoms with van der Waals surface area (Å²) in [4.78, 5) is 11.8. The first-order valence-corrected chi connectivity index (χ1v) is 5.80. The van der Waals surface area contributed by atoms with Gasteiger partial charge >= 0.3 is 6.01 Å². The second-order valence-electron chi connectivity index (χ2n) is 3.20. The lowest BCUT2D eigenvalue weighted by Crippen LogP contribution is -2.12. The lowest BCUT2D eigenvalue weighted by molar-refractivity contribution is 0.102.